The average molecular weight is 500 g/mol. The molecule has 1 unspecified atom stereocenters. The molecule has 0 aromatic heterocycles. The molecule has 35 heavy (non-hydrogen) atoms. The van der Waals surface area contributed by atoms with Crippen molar-refractivity contribution in [3.05, 3.63) is 53.6 Å². The van der Waals surface area contributed by atoms with Gasteiger partial charge >= 0.3 is 0 Å². The van der Waals surface area contributed by atoms with Crippen molar-refractivity contribution in [2.24, 2.45) is 0 Å². The first-order valence-corrected chi connectivity index (χ1v) is 12.0. The van der Waals surface area contributed by atoms with Crippen LogP contribution in [0.5, 0.6) is 5.75 Å². The van der Waals surface area contributed by atoms with Gasteiger partial charge in [-0.1, -0.05) is 11.6 Å². The van der Waals surface area contributed by atoms with Crippen LogP contribution in [0.3, 0.4) is 0 Å². The van der Waals surface area contributed by atoms with Gasteiger partial charge in [0.1, 0.15) is 11.8 Å². The topological polar surface area (TPSA) is 94.2 Å². The largest absolute Gasteiger partial charge is 0.497 e. The van der Waals surface area contributed by atoms with Crippen molar-refractivity contribution in [2.45, 2.75) is 12.5 Å². The number of anilines is 2. The number of rotatable bonds is 7. The van der Waals surface area contributed by atoms with Gasteiger partial charge in [-0.15, -0.1) is 0 Å². The molecule has 2 fully saturated rings. The van der Waals surface area contributed by atoms with Crippen LogP contribution in [0.15, 0.2) is 48.5 Å². The van der Waals surface area contributed by atoms with Gasteiger partial charge in [0.25, 0.3) is 0 Å². The third-order valence-corrected chi connectivity index (χ3v) is 6.58. The van der Waals surface area contributed by atoms with Crippen LogP contribution in [0.1, 0.15) is 6.42 Å². The second-order valence-corrected chi connectivity index (χ2v) is 9.05. The molecule has 0 spiro atoms. The highest BCUT2D eigenvalue weighted by Gasteiger charge is 2.35. The molecule has 0 saturated carbocycles. The maximum absolute atomic E-state index is 13.2. The minimum absolute atomic E-state index is 0.103. The van der Waals surface area contributed by atoms with E-state index in [-0.39, 0.29) is 30.7 Å². The number of halogens is 1. The molecule has 2 N–H and O–H groups in total. The quantitative estimate of drug-likeness (QED) is 0.603. The average Bonchev–Trinajstić information content (AvgIpc) is 2.86. The van der Waals surface area contributed by atoms with E-state index in [0.717, 1.165) is 31.9 Å². The third kappa shape index (κ3) is 6.43. The monoisotopic (exact) mass is 499 g/mol. The summed E-state index contributed by atoms with van der Waals surface area (Å²) in [5.41, 5.74) is 1.71. The summed E-state index contributed by atoms with van der Waals surface area (Å²) in [6.45, 7) is 4.04. The molecule has 0 bridgehead atoms. The van der Waals surface area contributed by atoms with Gasteiger partial charge in [0.15, 0.2) is 0 Å². The number of ether oxygens (including phenoxy) is 1. The van der Waals surface area contributed by atoms with E-state index < -0.39 is 6.04 Å². The van der Waals surface area contributed by atoms with E-state index >= 15 is 0 Å². The Bertz CT molecular complexity index is 1040. The number of amides is 3. The van der Waals surface area contributed by atoms with E-state index in [1.54, 1.807) is 31.4 Å². The van der Waals surface area contributed by atoms with Crippen molar-refractivity contribution in [1.82, 2.24) is 15.1 Å². The molecule has 4 rings (SSSR count). The number of methoxy groups -OCH3 is 1. The lowest BCUT2D eigenvalue weighted by atomic mass is 10.1. The van der Waals surface area contributed by atoms with Gasteiger partial charge in [-0.3, -0.25) is 19.3 Å². The molecule has 2 saturated heterocycles. The van der Waals surface area contributed by atoms with Crippen LogP contribution < -0.4 is 20.3 Å². The number of carbonyl (C=O) groups excluding carboxylic acids is 3. The number of nitrogens with one attached hydrogen (secondary N) is 2. The van der Waals surface area contributed by atoms with Crippen LogP contribution >= 0.6 is 11.6 Å². The van der Waals surface area contributed by atoms with Crippen LogP contribution in [-0.4, -0.2) is 86.5 Å². The van der Waals surface area contributed by atoms with Crippen LogP contribution in [-0.2, 0) is 14.4 Å². The zero-order valence-electron chi connectivity index (χ0n) is 19.7. The number of benzene rings is 2. The fourth-order valence-corrected chi connectivity index (χ4v) is 4.50. The molecule has 2 aromatic rings. The Morgan fingerprint density at radius 2 is 1.71 bits per heavy atom. The van der Waals surface area contributed by atoms with E-state index in [4.69, 9.17) is 16.3 Å². The predicted molar refractivity (Wildman–Crippen MR) is 135 cm³/mol. The van der Waals surface area contributed by atoms with Crippen molar-refractivity contribution in [3.8, 4) is 5.75 Å². The Labute approximate surface area is 210 Å². The maximum atomic E-state index is 13.2. The minimum Gasteiger partial charge on any atom is -0.497 e. The normalized spacial score (nSPS) is 18.7. The number of hydrogen-bond acceptors (Lipinski definition) is 6. The highest BCUT2D eigenvalue weighted by atomic mass is 35.5. The minimum atomic E-state index is -0.829. The lowest BCUT2D eigenvalue weighted by molar-refractivity contribution is -0.145. The van der Waals surface area contributed by atoms with E-state index in [0.29, 0.717) is 29.5 Å². The molecule has 10 heteroatoms. The van der Waals surface area contributed by atoms with Gasteiger partial charge in [-0.2, -0.15) is 0 Å². The van der Waals surface area contributed by atoms with Gasteiger partial charge in [0, 0.05) is 55.7 Å². The molecule has 186 valence electrons. The van der Waals surface area contributed by atoms with E-state index in [2.05, 4.69) is 20.4 Å². The molecular weight excluding hydrogens is 470 g/mol. The van der Waals surface area contributed by atoms with E-state index in [9.17, 15) is 14.4 Å². The summed E-state index contributed by atoms with van der Waals surface area (Å²) >= 11 is 5.98. The second-order valence-electron chi connectivity index (χ2n) is 8.61. The summed E-state index contributed by atoms with van der Waals surface area (Å²) in [4.78, 5) is 44.3. The molecule has 0 radical (unpaired) electrons. The first-order chi connectivity index (χ1) is 16.9. The fourth-order valence-electron chi connectivity index (χ4n) is 4.38. The summed E-state index contributed by atoms with van der Waals surface area (Å²) in [5, 5.41) is 6.27. The van der Waals surface area contributed by atoms with Gasteiger partial charge in [0.2, 0.25) is 17.7 Å². The van der Waals surface area contributed by atoms with E-state index in [1.807, 2.05) is 24.3 Å². The molecule has 3 amide bonds. The summed E-state index contributed by atoms with van der Waals surface area (Å²) in [5.74, 6) is -0.0869. The highest BCUT2D eigenvalue weighted by Crippen LogP contribution is 2.20. The molecule has 2 aromatic carbocycles. The zero-order chi connectivity index (χ0) is 24.8. The molecule has 9 nitrogen and oxygen atoms in total. The van der Waals surface area contributed by atoms with Gasteiger partial charge < -0.3 is 25.2 Å². The Kier molecular flexibility index (Phi) is 8.09. The van der Waals surface area contributed by atoms with Crippen LogP contribution in [0, 0.1) is 0 Å². The first kappa shape index (κ1) is 24.8. The summed E-state index contributed by atoms with van der Waals surface area (Å²) < 4.78 is 5.12. The van der Waals surface area contributed by atoms with Crippen molar-refractivity contribution in [2.75, 3.05) is 63.1 Å². The summed E-state index contributed by atoms with van der Waals surface area (Å²) in [7, 11) is 1.57. The standard InChI is InChI=1S/C25H30ClN5O4/c1-35-21-8-4-19(5-9-21)28-23(32)16-22-25(34)27-10-11-31(22)24(33)17-29-12-14-30(15-13-29)20-6-2-18(26)3-7-20/h2-9,22H,10-17H2,1H3,(H,27,34)(H,28,32). The van der Waals surface area contributed by atoms with Crippen LogP contribution in [0.2, 0.25) is 5.02 Å². The third-order valence-electron chi connectivity index (χ3n) is 6.33. The second kappa shape index (κ2) is 11.4. The Morgan fingerprint density at radius 1 is 1.03 bits per heavy atom. The molecular formula is C25H30ClN5O4. The lowest BCUT2D eigenvalue weighted by Gasteiger charge is -2.39. The van der Waals surface area contributed by atoms with Crippen molar-refractivity contribution in [1.29, 1.82) is 0 Å². The number of carbonyl (C=O) groups is 3. The predicted octanol–water partition coefficient (Wildman–Crippen LogP) is 1.83. The van der Waals surface area contributed by atoms with E-state index in [1.165, 1.54) is 4.90 Å². The summed E-state index contributed by atoms with van der Waals surface area (Å²) in [6.07, 6.45) is -0.103. The number of nitrogens with zero attached hydrogens (tertiary/aromatic N) is 3. The molecule has 2 heterocycles. The van der Waals surface area contributed by atoms with Crippen LogP contribution in [0.4, 0.5) is 11.4 Å². The van der Waals surface area contributed by atoms with Crippen molar-refractivity contribution < 1.29 is 19.1 Å². The number of piperazine rings is 2. The summed E-state index contributed by atoms with van der Waals surface area (Å²) in [6, 6.07) is 13.8. The Hall–Kier alpha value is -3.30. The van der Waals surface area contributed by atoms with Gasteiger partial charge in [-0.25, -0.2) is 0 Å². The van der Waals surface area contributed by atoms with Gasteiger partial charge in [0.05, 0.1) is 20.1 Å². The molecule has 2 aliphatic rings. The van der Waals surface area contributed by atoms with Crippen molar-refractivity contribution >= 4 is 40.7 Å². The Balaban J connectivity index is 1.31. The van der Waals surface area contributed by atoms with Crippen molar-refractivity contribution in [3.63, 3.8) is 0 Å². The molecule has 2 aliphatic heterocycles. The Morgan fingerprint density at radius 3 is 2.37 bits per heavy atom. The lowest BCUT2D eigenvalue weighted by Crippen LogP contribution is -2.60. The molecule has 0 aliphatic carbocycles. The molecule has 1 atom stereocenters. The first-order valence-electron chi connectivity index (χ1n) is 11.7. The van der Waals surface area contributed by atoms with Crippen LogP contribution in [0.25, 0.3) is 0 Å². The maximum Gasteiger partial charge on any atom is 0.243 e. The smallest absolute Gasteiger partial charge is 0.243 e. The SMILES string of the molecule is COc1ccc(NC(=O)CC2C(=O)NCCN2C(=O)CN2CCN(c3ccc(Cl)cc3)CC2)cc1. The zero-order valence-corrected chi connectivity index (χ0v) is 20.5. The van der Waals surface area contributed by atoms with Gasteiger partial charge in [-0.05, 0) is 48.5 Å². The highest BCUT2D eigenvalue weighted by molar-refractivity contribution is 6.30. The fraction of sp³-hybridized carbons (Fsp3) is 0.400. The number of hydrogen-bond donors (Lipinski definition) is 2.